The van der Waals surface area contributed by atoms with E-state index in [1.165, 1.54) is 11.3 Å². The second-order valence-corrected chi connectivity index (χ2v) is 4.33. The molecule has 0 fully saturated rings. The van der Waals surface area contributed by atoms with Crippen LogP contribution in [0.25, 0.3) is 0 Å². The Kier molecular flexibility index (Phi) is 4.32. The molecule has 1 rings (SSSR count). The maximum atomic E-state index is 12.6. The standard InChI is InChI=1S/C9H15FN2S/c1-7(2)4-12-8(3-10)9-5-11-6-13-9/h5-8,12H,3-4H2,1-2H3. The molecule has 1 atom stereocenters. The molecule has 0 radical (unpaired) electrons. The van der Waals surface area contributed by atoms with E-state index in [4.69, 9.17) is 0 Å². The molecule has 1 heterocycles. The fraction of sp³-hybridized carbons (Fsp3) is 0.667. The molecule has 13 heavy (non-hydrogen) atoms. The highest BCUT2D eigenvalue weighted by molar-refractivity contribution is 7.09. The van der Waals surface area contributed by atoms with E-state index in [9.17, 15) is 4.39 Å². The molecule has 4 heteroatoms. The van der Waals surface area contributed by atoms with Gasteiger partial charge in [0.25, 0.3) is 0 Å². The van der Waals surface area contributed by atoms with Gasteiger partial charge in [0.2, 0.25) is 0 Å². The summed E-state index contributed by atoms with van der Waals surface area (Å²) in [5.41, 5.74) is 1.73. The van der Waals surface area contributed by atoms with Gasteiger partial charge < -0.3 is 5.32 Å². The van der Waals surface area contributed by atoms with Crippen LogP contribution in [0.1, 0.15) is 24.8 Å². The summed E-state index contributed by atoms with van der Waals surface area (Å²) in [4.78, 5) is 4.91. The van der Waals surface area contributed by atoms with Gasteiger partial charge in [-0.3, -0.25) is 4.98 Å². The molecule has 0 bridgehead atoms. The van der Waals surface area contributed by atoms with E-state index in [1.54, 1.807) is 11.7 Å². The first kappa shape index (κ1) is 10.6. The van der Waals surface area contributed by atoms with Gasteiger partial charge >= 0.3 is 0 Å². The molecule has 74 valence electrons. The minimum Gasteiger partial charge on any atom is -0.307 e. The largest absolute Gasteiger partial charge is 0.307 e. The van der Waals surface area contributed by atoms with E-state index < -0.39 is 0 Å². The first-order chi connectivity index (χ1) is 6.24. The van der Waals surface area contributed by atoms with Gasteiger partial charge in [0.1, 0.15) is 6.67 Å². The summed E-state index contributed by atoms with van der Waals surface area (Å²) in [7, 11) is 0. The second-order valence-electron chi connectivity index (χ2n) is 3.41. The van der Waals surface area contributed by atoms with Crippen LogP contribution in [0, 0.1) is 5.92 Å². The predicted molar refractivity (Wildman–Crippen MR) is 53.7 cm³/mol. The number of nitrogens with zero attached hydrogens (tertiary/aromatic N) is 1. The SMILES string of the molecule is CC(C)CNC(CF)c1cncs1. The lowest BCUT2D eigenvalue weighted by molar-refractivity contribution is 0.370. The van der Waals surface area contributed by atoms with E-state index in [0.717, 1.165) is 11.4 Å². The number of hydrogen-bond acceptors (Lipinski definition) is 3. The van der Waals surface area contributed by atoms with Crippen LogP contribution in [0.5, 0.6) is 0 Å². The molecule has 1 aromatic rings. The Labute approximate surface area is 82.2 Å². The van der Waals surface area contributed by atoms with Crippen LogP contribution in [0.2, 0.25) is 0 Å². The summed E-state index contributed by atoms with van der Waals surface area (Å²) < 4.78 is 12.6. The highest BCUT2D eigenvalue weighted by Crippen LogP contribution is 2.17. The number of thiazole rings is 1. The van der Waals surface area contributed by atoms with E-state index in [-0.39, 0.29) is 12.7 Å². The Morgan fingerprint density at radius 2 is 2.38 bits per heavy atom. The zero-order valence-electron chi connectivity index (χ0n) is 7.96. The van der Waals surface area contributed by atoms with Crippen LogP contribution >= 0.6 is 11.3 Å². The summed E-state index contributed by atoms with van der Waals surface area (Å²) in [6, 6.07) is -0.171. The zero-order chi connectivity index (χ0) is 9.68. The molecular weight excluding hydrogens is 187 g/mol. The van der Waals surface area contributed by atoms with Gasteiger partial charge in [0.15, 0.2) is 0 Å². The van der Waals surface area contributed by atoms with Crippen LogP contribution in [0.3, 0.4) is 0 Å². The molecule has 0 amide bonds. The smallest absolute Gasteiger partial charge is 0.110 e. The maximum absolute atomic E-state index is 12.6. The van der Waals surface area contributed by atoms with Gasteiger partial charge in [-0.1, -0.05) is 13.8 Å². The number of alkyl halides is 1. The number of aromatic nitrogens is 1. The average Bonchev–Trinajstić information content (AvgIpc) is 2.58. The van der Waals surface area contributed by atoms with Crippen molar-refractivity contribution >= 4 is 11.3 Å². The number of rotatable bonds is 5. The lowest BCUT2D eigenvalue weighted by atomic mass is 10.2. The Hall–Kier alpha value is -0.480. The van der Waals surface area contributed by atoms with E-state index in [2.05, 4.69) is 24.1 Å². The van der Waals surface area contributed by atoms with Gasteiger partial charge in [-0.05, 0) is 12.5 Å². The lowest BCUT2D eigenvalue weighted by Crippen LogP contribution is -2.26. The highest BCUT2D eigenvalue weighted by Gasteiger charge is 2.12. The van der Waals surface area contributed by atoms with Crippen molar-refractivity contribution in [2.75, 3.05) is 13.2 Å². The normalized spacial score (nSPS) is 13.5. The molecule has 0 aliphatic carbocycles. The monoisotopic (exact) mass is 202 g/mol. The quantitative estimate of drug-likeness (QED) is 0.793. The van der Waals surface area contributed by atoms with Gasteiger partial charge in [0, 0.05) is 11.1 Å². The van der Waals surface area contributed by atoms with Crippen LogP contribution < -0.4 is 5.32 Å². The van der Waals surface area contributed by atoms with Crippen molar-refractivity contribution in [3.05, 3.63) is 16.6 Å². The third-order valence-corrected chi connectivity index (χ3v) is 2.61. The summed E-state index contributed by atoms with van der Waals surface area (Å²) in [5, 5.41) is 3.17. The Morgan fingerprint density at radius 3 is 2.85 bits per heavy atom. The van der Waals surface area contributed by atoms with Crippen LogP contribution in [-0.2, 0) is 0 Å². The van der Waals surface area contributed by atoms with Gasteiger partial charge in [-0.25, -0.2) is 4.39 Å². The molecule has 0 aromatic carbocycles. The molecule has 0 spiro atoms. The minimum absolute atomic E-state index is 0.171. The summed E-state index contributed by atoms with van der Waals surface area (Å²) in [6.45, 7) is 4.69. The van der Waals surface area contributed by atoms with Crippen molar-refractivity contribution < 1.29 is 4.39 Å². The van der Waals surface area contributed by atoms with Crippen molar-refractivity contribution in [2.45, 2.75) is 19.9 Å². The molecule has 1 N–H and O–H groups in total. The van der Waals surface area contributed by atoms with Crippen molar-refractivity contribution in [3.8, 4) is 0 Å². The molecule has 2 nitrogen and oxygen atoms in total. The van der Waals surface area contributed by atoms with Crippen LogP contribution in [0.4, 0.5) is 4.39 Å². The third kappa shape index (κ3) is 3.40. The van der Waals surface area contributed by atoms with Gasteiger partial charge in [0.05, 0.1) is 11.6 Å². The maximum Gasteiger partial charge on any atom is 0.110 e. The summed E-state index contributed by atoms with van der Waals surface area (Å²) in [6.07, 6.45) is 1.72. The molecular formula is C9H15FN2S. The first-order valence-corrected chi connectivity index (χ1v) is 5.29. The summed E-state index contributed by atoms with van der Waals surface area (Å²) in [5.74, 6) is 0.543. The zero-order valence-corrected chi connectivity index (χ0v) is 8.77. The first-order valence-electron chi connectivity index (χ1n) is 4.41. The molecule has 0 aliphatic heterocycles. The fourth-order valence-corrected chi connectivity index (χ4v) is 1.68. The number of hydrogen-bond donors (Lipinski definition) is 1. The average molecular weight is 202 g/mol. The second kappa shape index (κ2) is 5.29. The topological polar surface area (TPSA) is 24.9 Å². The molecule has 0 saturated carbocycles. The Morgan fingerprint density at radius 1 is 1.62 bits per heavy atom. The minimum atomic E-state index is -0.366. The van der Waals surface area contributed by atoms with Crippen molar-refractivity contribution in [1.29, 1.82) is 0 Å². The lowest BCUT2D eigenvalue weighted by Gasteiger charge is -2.14. The van der Waals surface area contributed by atoms with Gasteiger partial charge in [-0.15, -0.1) is 11.3 Å². The van der Waals surface area contributed by atoms with E-state index in [1.807, 2.05) is 0 Å². The van der Waals surface area contributed by atoms with Gasteiger partial charge in [-0.2, -0.15) is 0 Å². The van der Waals surface area contributed by atoms with Crippen molar-refractivity contribution in [3.63, 3.8) is 0 Å². The highest BCUT2D eigenvalue weighted by atomic mass is 32.1. The molecule has 1 unspecified atom stereocenters. The Bertz CT molecular complexity index is 224. The Balaban J connectivity index is 2.44. The molecule has 0 saturated heterocycles. The number of halogens is 1. The van der Waals surface area contributed by atoms with E-state index in [0.29, 0.717) is 5.92 Å². The van der Waals surface area contributed by atoms with Crippen LogP contribution in [-0.4, -0.2) is 18.2 Å². The summed E-state index contributed by atoms with van der Waals surface area (Å²) >= 11 is 1.49. The fourth-order valence-electron chi connectivity index (χ4n) is 1.01. The molecule has 0 aliphatic rings. The van der Waals surface area contributed by atoms with Crippen LogP contribution in [0.15, 0.2) is 11.7 Å². The van der Waals surface area contributed by atoms with Crippen molar-refractivity contribution in [1.82, 2.24) is 10.3 Å². The number of nitrogens with one attached hydrogen (secondary N) is 1. The third-order valence-electron chi connectivity index (χ3n) is 1.72. The molecule has 1 aromatic heterocycles. The van der Waals surface area contributed by atoms with E-state index >= 15 is 0 Å². The van der Waals surface area contributed by atoms with Crippen molar-refractivity contribution in [2.24, 2.45) is 5.92 Å². The predicted octanol–water partition coefficient (Wildman–Crippen LogP) is 2.40.